The Kier molecular flexibility index (Phi) is 6.71. The first-order valence-corrected chi connectivity index (χ1v) is 8.82. The van der Waals surface area contributed by atoms with Crippen LogP contribution in [0.3, 0.4) is 0 Å². The third kappa shape index (κ3) is 5.95. The van der Waals surface area contributed by atoms with E-state index in [0.29, 0.717) is 11.3 Å². The average Bonchev–Trinajstić information content (AvgIpc) is 2.61. The van der Waals surface area contributed by atoms with Gasteiger partial charge in [-0.1, -0.05) is 43.7 Å². The summed E-state index contributed by atoms with van der Waals surface area (Å²) in [6, 6.07) is 13.4. The van der Waals surface area contributed by atoms with Crippen LogP contribution >= 0.6 is 0 Å². The first-order valence-electron chi connectivity index (χ1n) is 8.82. The number of anilines is 1. The molecule has 0 saturated heterocycles. The second kappa shape index (κ2) is 8.98. The Morgan fingerprint density at radius 3 is 2.07 bits per heavy atom. The third-order valence-electron chi connectivity index (χ3n) is 4.15. The van der Waals surface area contributed by atoms with Gasteiger partial charge in [0.1, 0.15) is 6.04 Å². The zero-order valence-corrected chi connectivity index (χ0v) is 15.8. The number of hydrogen-bond donors (Lipinski definition) is 3. The van der Waals surface area contributed by atoms with Crippen LogP contribution in [0.4, 0.5) is 5.69 Å². The van der Waals surface area contributed by atoms with Gasteiger partial charge < -0.3 is 16.4 Å². The van der Waals surface area contributed by atoms with Crippen LogP contribution < -0.4 is 16.4 Å². The molecule has 0 radical (unpaired) electrons. The van der Waals surface area contributed by atoms with Crippen molar-refractivity contribution in [2.24, 2.45) is 11.7 Å². The van der Waals surface area contributed by atoms with Gasteiger partial charge in [-0.15, -0.1) is 0 Å². The summed E-state index contributed by atoms with van der Waals surface area (Å²) in [5.41, 5.74) is 8.10. The van der Waals surface area contributed by atoms with E-state index < -0.39 is 11.9 Å². The van der Waals surface area contributed by atoms with E-state index in [4.69, 9.17) is 5.73 Å². The van der Waals surface area contributed by atoms with Crippen LogP contribution in [0.25, 0.3) is 0 Å². The molecule has 0 heterocycles. The smallest absolute Gasteiger partial charge is 0.251 e. The highest BCUT2D eigenvalue weighted by atomic mass is 16.2. The van der Waals surface area contributed by atoms with Gasteiger partial charge >= 0.3 is 0 Å². The highest BCUT2D eigenvalue weighted by molar-refractivity contribution is 6.01. The van der Waals surface area contributed by atoms with Crippen LogP contribution in [-0.4, -0.2) is 23.8 Å². The van der Waals surface area contributed by atoms with Crippen molar-refractivity contribution in [2.75, 3.05) is 5.32 Å². The lowest BCUT2D eigenvalue weighted by Crippen LogP contribution is -2.47. The van der Waals surface area contributed by atoms with Crippen molar-refractivity contribution >= 4 is 23.4 Å². The van der Waals surface area contributed by atoms with E-state index in [9.17, 15) is 14.4 Å². The van der Waals surface area contributed by atoms with Crippen molar-refractivity contribution in [2.45, 2.75) is 33.2 Å². The predicted molar refractivity (Wildman–Crippen MR) is 105 cm³/mol. The van der Waals surface area contributed by atoms with Gasteiger partial charge in [-0.3, -0.25) is 14.4 Å². The largest absolute Gasteiger partial charge is 0.369 e. The second-order valence-electron chi connectivity index (χ2n) is 6.89. The number of hydrogen-bond acceptors (Lipinski definition) is 3. The van der Waals surface area contributed by atoms with Gasteiger partial charge in [0.25, 0.3) is 5.91 Å². The highest BCUT2D eigenvalue weighted by Crippen LogP contribution is 2.13. The molecule has 0 aliphatic heterocycles. The zero-order chi connectivity index (χ0) is 20.0. The van der Waals surface area contributed by atoms with Gasteiger partial charge in [-0.25, -0.2) is 0 Å². The van der Waals surface area contributed by atoms with Gasteiger partial charge in [0, 0.05) is 11.3 Å². The van der Waals surface area contributed by atoms with Crippen molar-refractivity contribution in [3.05, 3.63) is 65.2 Å². The summed E-state index contributed by atoms with van der Waals surface area (Å²) in [4.78, 5) is 36.0. The maximum Gasteiger partial charge on any atom is 0.251 e. The molecule has 0 aliphatic carbocycles. The minimum absolute atomic E-state index is 0.0893. The molecule has 0 spiro atoms. The molecule has 4 N–H and O–H groups in total. The van der Waals surface area contributed by atoms with E-state index in [0.717, 1.165) is 11.1 Å². The number of primary amides is 1. The van der Waals surface area contributed by atoms with Gasteiger partial charge in [0.15, 0.2) is 0 Å². The fourth-order valence-corrected chi connectivity index (χ4v) is 2.59. The summed E-state index contributed by atoms with van der Waals surface area (Å²) in [6.07, 6.45) is 0.148. The maximum atomic E-state index is 12.6. The van der Waals surface area contributed by atoms with Crippen molar-refractivity contribution in [3.63, 3.8) is 0 Å². The Morgan fingerprint density at radius 2 is 1.56 bits per heavy atom. The molecule has 0 bridgehead atoms. The zero-order valence-electron chi connectivity index (χ0n) is 15.8. The summed E-state index contributed by atoms with van der Waals surface area (Å²) < 4.78 is 0. The molecule has 0 aromatic heterocycles. The number of nitrogens with two attached hydrogens (primary N) is 1. The molecule has 6 heteroatoms. The number of benzene rings is 2. The lowest BCUT2D eigenvalue weighted by molar-refractivity contribution is -0.119. The van der Waals surface area contributed by atoms with E-state index in [1.165, 1.54) is 0 Å². The van der Waals surface area contributed by atoms with E-state index in [1.807, 2.05) is 32.9 Å². The van der Waals surface area contributed by atoms with E-state index >= 15 is 0 Å². The molecular formula is C21H25N3O3. The molecule has 1 unspecified atom stereocenters. The number of carbonyl (C=O) groups is 3. The Bertz CT molecular complexity index is 812. The monoisotopic (exact) mass is 367 g/mol. The summed E-state index contributed by atoms with van der Waals surface area (Å²) in [6.45, 7) is 5.69. The van der Waals surface area contributed by atoms with Crippen molar-refractivity contribution in [1.82, 2.24) is 5.32 Å². The highest BCUT2D eigenvalue weighted by Gasteiger charge is 2.24. The molecule has 3 amide bonds. The quantitative estimate of drug-likeness (QED) is 0.700. The number of carbonyl (C=O) groups excluding carboxylic acids is 3. The normalized spacial score (nSPS) is 11.7. The Labute approximate surface area is 159 Å². The molecule has 0 aliphatic rings. The molecular weight excluding hydrogens is 342 g/mol. The fraction of sp³-hybridized carbons (Fsp3) is 0.286. The Morgan fingerprint density at radius 1 is 0.963 bits per heavy atom. The molecule has 27 heavy (non-hydrogen) atoms. The number of rotatable bonds is 7. The first kappa shape index (κ1) is 20.2. The predicted octanol–water partition coefficient (Wildman–Crippen LogP) is 2.42. The van der Waals surface area contributed by atoms with Gasteiger partial charge in [0.2, 0.25) is 11.8 Å². The summed E-state index contributed by atoms with van der Waals surface area (Å²) in [5, 5.41) is 5.60. The van der Waals surface area contributed by atoms with Crippen molar-refractivity contribution < 1.29 is 14.4 Å². The van der Waals surface area contributed by atoms with E-state index in [2.05, 4.69) is 10.6 Å². The molecule has 0 saturated carbocycles. The lowest BCUT2D eigenvalue weighted by atomic mass is 10.0. The van der Waals surface area contributed by atoms with Gasteiger partial charge in [-0.05, 0) is 42.7 Å². The minimum Gasteiger partial charge on any atom is -0.369 e. The summed E-state index contributed by atoms with van der Waals surface area (Å²) in [7, 11) is 0. The molecule has 2 aromatic rings. The number of amides is 3. The van der Waals surface area contributed by atoms with Gasteiger partial charge in [0.05, 0.1) is 6.42 Å². The number of aryl methyl sites for hydroxylation is 1. The van der Waals surface area contributed by atoms with Crippen LogP contribution in [0, 0.1) is 12.8 Å². The number of nitrogens with one attached hydrogen (secondary N) is 2. The maximum absolute atomic E-state index is 12.6. The molecule has 2 rings (SSSR count). The van der Waals surface area contributed by atoms with Crippen LogP contribution in [-0.2, 0) is 16.0 Å². The Balaban J connectivity index is 2.04. The van der Waals surface area contributed by atoms with E-state index in [1.54, 1.807) is 36.4 Å². The molecule has 6 nitrogen and oxygen atoms in total. The standard InChI is InChI=1S/C21H25N3O3/c1-13(2)19(24-20(26)16-8-4-14(3)5-9-16)21(27)23-17-10-6-15(7-11-17)12-18(22)25/h4-11,13,19H,12H2,1-3H3,(H2,22,25)(H,23,27)(H,24,26). The summed E-state index contributed by atoms with van der Waals surface area (Å²) >= 11 is 0. The molecule has 142 valence electrons. The second-order valence-corrected chi connectivity index (χ2v) is 6.89. The molecule has 2 aromatic carbocycles. The minimum atomic E-state index is -0.677. The molecule has 0 fully saturated rings. The van der Waals surface area contributed by atoms with Crippen LogP contribution in [0.5, 0.6) is 0 Å². The first-order chi connectivity index (χ1) is 12.8. The Hall–Kier alpha value is -3.15. The topological polar surface area (TPSA) is 101 Å². The van der Waals surface area contributed by atoms with E-state index in [-0.39, 0.29) is 24.2 Å². The van der Waals surface area contributed by atoms with Crippen LogP contribution in [0.2, 0.25) is 0 Å². The summed E-state index contributed by atoms with van der Waals surface area (Å²) in [5.74, 6) is -1.09. The fourth-order valence-electron chi connectivity index (χ4n) is 2.59. The SMILES string of the molecule is Cc1ccc(C(=O)NC(C(=O)Nc2ccc(CC(N)=O)cc2)C(C)C)cc1. The van der Waals surface area contributed by atoms with Crippen LogP contribution in [0.1, 0.15) is 35.3 Å². The van der Waals surface area contributed by atoms with Crippen molar-refractivity contribution in [3.8, 4) is 0 Å². The third-order valence-corrected chi connectivity index (χ3v) is 4.15. The van der Waals surface area contributed by atoms with Gasteiger partial charge in [-0.2, -0.15) is 0 Å². The average molecular weight is 367 g/mol. The molecule has 1 atom stereocenters. The lowest BCUT2D eigenvalue weighted by Gasteiger charge is -2.22. The van der Waals surface area contributed by atoms with Crippen LogP contribution in [0.15, 0.2) is 48.5 Å². The van der Waals surface area contributed by atoms with Crippen molar-refractivity contribution in [1.29, 1.82) is 0 Å².